The molecule has 0 saturated heterocycles. The maximum atomic E-state index is 13.0. The molecule has 0 unspecified atom stereocenters. The number of hydrogen-bond acceptors (Lipinski definition) is 5. The molecule has 5 nitrogen and oxygen atoms in total. The minimum atomic E-state index is -0.242. The molecule has 0 radical (unpaired) electrons. The Morgan fingerprint density at radius 1 is 0.962 bits per heavy atom. The smallest absolute Gasteiger partial charge is 0.183 e. The van der Waals surface area contributed by atoms with Crippen LogP contribution >= 0.6 is 23.4 Å². The Morgan fingerprint density at radius 2 is 1.69 bits per heavy atom. The average molecular weight is 386 g/mol. The summed E-state index contributed by atoms with van der Waals surface area (Å²) in [7, 11) is 0. The first-order valence-electron chi connectivity index (χ1n) is 7.85. The Morgan fingerprint density at radius 3 is 2.46 bits per heavy atom. The van der Waals surface area contributed by atoms with Crippen LogP contribution in [-0.2, 0) is 12.3 Å². The summed E-state index contributed by atoms with van der Waals surface area (Å²) >= 11 is 7.45. The van der Waals surface area contributed by atoms with Gasteiger partial charge in [0.1, 0.15) is 17.2 Å². The van der Waals surface area contributed by atoms with Crippen LogP contribution in [0.2, 0.25) is 5.02 Å². The van der Waals surface area contributed by atoms with Gasteiger partial charge in [0.15, 0.2) is 11.2 Å². The Balaban J connectivity index is 1.56. The van der Waals surface area contributed by atoms with Gasteiger partial charge in [-0.3, -0.25) is 0 Å². The van der Waals surface area contributed by atoms with Crippen molar-refractivity contribution >= 4 is 34.5 Å². The second-order valence-electron chi connectivity index (χ2n) is 5.64. The Labute approximate surface area is 158 Å². The van der Waals surface area contributed by atoms with E-state index in [9.17, 15) is 4.39 Å². The number of thioether (sulfide) groups is 1. The summed E-state index contributed by atoms with van der Waals surface area (Å²) in [5.74, 6) is 0.421. The minimum absolute atomic E-state index is 0.242. The quantitative estimate of drug-likeness (QED) is 0.377. The number of fused-ring (bicyclic) bond motifs is 1. The van der Waals surface area contributed by atoms with Crippen molar-refractivity contribution in [2.24, 2.45) is 0 Å². The molecule has 2 aromatic heterocycles. The normalized spacial score (nSPS) is 11.2. The van der Waals surface area contributed by atoms with E-state index >= 15 is 0 Å². The van der Waals surface area contributed by atoms with E-state index < -0.39 is 0 Å². The lowest BCUT2D eigenvalue weighted by molar-refractivity contribution is 0.627. The second kappa shape index (κ2) is 7.39. The summed E-state index contributed by atoms with van der Waals surface area (Å²) in [5, 5.41) is 9.89. The number of aromatic nitrogens is 5. The van der Waals surface area contributed by atoms with Gasteiger partial charge in [0, 0.05) is 10.8 Å². The van der Waals surface area contributed by atoms with Crippen molar-refractivity contribution in [2.45, 2.75) is 17.3 Å². The molecule has 26 heavy (non-hydrogen) atoms. The van der Waals surface area contributed by atoms with Crippen molar-refractivity contribution < 1.29 is 4.39 Å². The zero-order chi connectivity index (χ0) is 17.9. The molecule has 0 saturated carbocycles. The molecule has 2 heterocycles. The standard InChI is InChI=1S/C18H13ClFN5S/c19-14-5-1-12(2-6-14)9-25-17-16(23-24-25)18(22-11-21-17)26-10-13-3-7-15(20)8-4-13/h1-8,11H,9-10H2. The number of nitrogens with zero attached hydrogens (tertiary/aromatic N) is 5. The van der Waals surface area contributed by atoms with Gasteiger partial charge in [0.05, 0.1) is 6.54 Å². The van der Waals surface area contributed by atoms with Crippen molar-refractivity contribution in [3.05, 3.63) is 76.8 Å². The number of halogens is 2. The van der Waals surface area contributed by atoms with Crippen molar-refractivity contribution in [3.63, 3.8) is 0 Å². The molecule has 0 N–H and O–H groups in total. The Hall–Kier alpha value is -2.51. The van der Waals surface area contributed by atoms with Crippen LogP contribution in [0.4, 0.5) is 4.39 Å². The van der Waals surface area contributed by atoms with Gasteiger partial charge in [-0.25, -0.2) is 19.0 Å². The van der Waals surface area contributed by atoms with E-state index in [1.54, 1.807) is 16.8 Å². The minimum Gasteiger partial charge on any atom is -0.227 e. The molecule has 0 aliphatic rings. The SMILES string of the molecule is Fc1ccc(CSc2ncnc3c2nnn3Cc2ccc(Cl)cc2)cc1. The molecule has 0 aliphatic heterocycles. The molecular formula is C18H13ClFN5S. The molecule has 0 fully saturated rings. The molecule has 2 aromatic carbocycles. The summed E-state index contributed by atoms with van der Waals surface area (Å²) in [6.45, 7) is 0.548. The molecule has 0 bridgehead atoms. The number of rotatable bonds is 5. The summed E-state index contributed by atoms with van der Waals surface area (Å²) in [6, 6.07) is 14.0. The van der Waals surface area contributed by atoms with Crippen molar-refractivity contribution in [1.29, 1.82) is 0 Å². The van der Waals surface area contributed by atoms with E-state index in [1.807, 2.05) is 24.3 Å². The Bertz CT molecular complexity index is 1030. The summed E-state index contributed by atoms with van der Waals surface area (Å²) in [4.78, 5) is 8.64. The van der Waals surface area contributed by atoms with Crippen LogP contribution in [0.5, 0.6) is 0 Å². The number of hydrogen-bond donors (Lipinski definition) is 0. The van der Waals surface area contributed by atoms with Crippen molar-refractivity contribution in [2.75, 3.05) is 0 Å². The number of benzene rings is 2. The van der Waals surface area contributed by atoms with Crippen LogP contribution in [-0.4, -0.2) is 25.0 Å². The lowest BCUT2D eigenvalue weighted by Gasteiger charge is -2.04. The van der Waals surface area contributed by atoms with E-state index in [0.29, 0.717) is 28.5 Å². The molecule has 0 spiro atoms. The van der Waals surface area contributed by atoms with E-state index in [4.69, 9.17) is 11.6 Å². The molecule has 0 atom stereocenters. The molecule has 130 valence electrons. The first-order valence-corrected chi connectivity index (χ1v) is 9.21. The summed E-state index contributed by atoms with van der Waals surface area (Å²) < 4.78 is 14.7. The highest BCUT2D eigenvalue weighted by Crippen LogP contribution is 2.26. The van der Waals surface area contributed by atoms with E-state index in [2.05, 4.69) is 20.3 Å². The molecular weight excluding hydrogens is 373 g/mol. The van der Waals surface area contributed by atoms with Gasteiger partial charge >= 0.3 is 0 Å². The zero-order valence-electron chi connectivity index (χ0n) is 13.5. The van der Waals surface area contributed by atoms with Crippen molar-refractivity contribution in [1.82, 2.24) is 25.0 Å². The lowest BCUT2D eigenvalue weighted by atomic mass is 10.2. The third kappa shape index (κ3) is 3.68. The third-order valence-corrected chi connectivity index (χ3v) is 5.10. The molecule has 0 aliphatic carbocycles. The summed E-state index contributed by atoms with van der Waals surface area (Å²) in [5.41, 5.74) is 3.40. The topological polar surface area (TPSA) is 56.5 Å². The predicted molar refractivity (Wildman–Crippen MR) is 99.6 cm³/mol. The van der Waals surface area contributed by atoms with Gasteiger partial charge in [0.25, 0.3) is 0 Å². The van der Waals surface area contributed by atoms with Crippen molar-refractivity contribution in [3.8, 4) is 0 Å². The third-order valence-electron chi connectivity index (χ3n) is 3.80. The highest BCUT2D eigenvalue weighted by Gasteiger charge is 2.12. The monoisotopic (exact) mass is 385 g/mol. The molecule has 0 amide bonds. The Kier molecular flexibility index (Phi) is 4.81. The van der Waals surface area contributed by atoms with Crippen LogP contribution in [0.25, 0.3) is 11.2 Å². The fourth-order valence-electron chi connectivity index (χ4n) is 2.48. The predicted octanol–water partition coefficient (Wildman–Crippen LogP) is 4.35. The fraction of sp³-hybridized carbons (Fsp3) is 0.111. The average Bonchev–Trinajstić information content (AvgIpc) is 3.07. The van der Waals surface area contributed by atoms with E-state index in [1.165, 1.54) is 30.2 Å². The molecule has 4 aromatic rings. The van der Waals surface area contributed by atoms with Crippen LogP contribution in [0.15, 0.2) is 59.9 Å². The van der Waals surface area contributed by atoms with Gasteiger partial charge in [-0.15, -0.1) is 5.10 Å². The summed E-state index contributed by atoms with van der Waals surface area (Å²) in [6.07, 6.45) is 1.51. The zero-order valence-corrected chi connectivity index (χ0v) is 15.1. The highest BCUT2D eigenvalue weighted by molar-refractivity contribution is 7.98. The highest BCUT2D eigenvalue weighted by atomic mass is 35.5. The maximum Gasteiger partial charge on any atom is 0.183 e. The van der Waals surface area contributed by atoms with Gasteiger partial charge < -0.3 is 0 Å². The van der Waals surface area contributed by atoms with Crippen LogP contribution < -0.4 is 0 Å². The van der Waals surface area contributed by atoms with Gasteiger partial charge in [-0.05, 0) is 35.4 Å². The maximum absolute atomic E-state index is 13.0. The van der Waals surface area contributed by atoms with Gasteiger partial charge in [-0.2, -0.15) is 0 Å². The fourth-order valence-corrected chi connectivity index (χ4v) is 3.49. The van der Waals surface area contributed by atoms with E-state index in [-0.39, 0.29) is 5.82 Å². The van der Waals surface area contributed by atoms with E-state index in [0.717, 1.165) is 16.2 Å². The first-order chi connectivity index (χ1) is 12.7. The van der Waals surface area contributed by atoms with Crippen LogP contribution in [0.3, 0.4) is 0 Å². The first kappa shape index (κ1) is 16.9. The molecule has 4 rings (SSSR count). The molecule has 8 heteroatoms. The van der Waals surface area contributed by atoms with Crippen LogP contribution in [0.1, 0.15) is 11.1 Å². The largest absolute Gasteiger partial charge is 0.227 e. The van der Waals surface area contributed by atoms with Gasteiger partial charge in [0.2, 0.25) is 0 Å². The lowest BCUT2D eigenvalue weighted by Crippen LogP contribution is -2.03. The van der Waals surface area contributed by atoms with Gasteiger partial charge in [-0.1, -0.05) is 52.8 Å². The van der Waals surface area contributed by atoms with Crippen LogP contribution in [0, 0.1) is 5.82 Å². The second-order valence-corrected chi connectivity index (χ2v) is 7.04.